The lowest BCUT2D eigenvalue weighted by Crippen LogP contribution is -2.28. The highest BCUT2D eigenvalue weighted by atomic mass is 19.1. The van der Waals surface area contributed by atoms with Crippen LogP contribution >= 0.6 is 0 Å². The number of hydrogen-bond acceptors (Lipinski definition) is 2. The molecule has 2 unspecified atom stereocenters. The number of hydrogen-bond donors (Lipinski definition) is 0. The Balaban J connectivity index is 1.31. The first-order valence-electron chi connectivity index (χ1n) is 8.59. The molecule has 0 spiro atoms. The molecule has 24 heavy (non-hydrogen) atoms. The van der Waals surface area contributed by atoms with Crippen molar-refractivity contribution in [2.24, 2.45) is 11.8 Å². The molecular weight excluding hydrogens is 306 g/mol. The normalized spacial score (nSPS) is 24.4. The van der Waals surface area contributed by atoms with Crippen LogP contribution in [0.15, 0.2) is 48.5 Å². The maximum absolute atomic E-state index is 13.3. The Bertz CT molecular complexity index is 687. The van der Waals surface area contributed by atoms with Crippen molar-refractivity contribution in [1.29, 1.82) is 0 Å². The van der Waals surface area contributed by atoms with Crippen LogP contribution in [0.2, 0.25) is 0 Å². The molecule has 2 atom stereocenters. The van der Waals surface area contributed by atoms with E-state index in [1.54, 1.807) is 12.1 Å². The zero-order chi connectivity index (χ0) is 16.5. The van der Waals surface area contributed by atoms with Crippen molar-refractivity contribution in [2.45, 2.75) is 13.1 Å². The molecule has 2 aromatic carbocycles. The summed E-state index contributed by atoms with van der Waals surface area (Å²) in [7, 11) is 0. The van der Waals surface area contributed by atoms with E-state index in [0.29, 0.717) is 11.8 Å². The van der Waals surface area contributed by atoms with Crippen molar-refractivity contribution in [3.63, 3.8) is 0 Å². The van der Waals surface area contributed by atoms with Gasteiger partial charge < -0.3 is 0 Å². The van der Waals surface area contributed by atoms with Crippen LogP contribution < -0.4 is 0 Å². The predicted octanol–water partition coefficient (Wildman–Crippen LogP) is 3.53. The Morgan fingerprint density at radius 2 is 1.29 bits per heavy atom. The van der Waals surface area contributed by atoms with Gasteiger partial charge in [0.2, 0.25) is 0 Å². The molecule has 2 fully saturated rings. The second kappa shape index (κ2) is 6.61. The summed E-state index contributed by atoms with van der Waals surface area (Å²) in [5.74, 6) is 1.06. The lowest BCUT2D eigenvalue weighted by molar-refractivity contribution is 0.246. The van der Waals surface area contributed by atoms with Crippen LogP contribution in [0.5, 0.6) is 0 Å². The van der Waals surface area contributed by atoms with Gasteiger partial charge in [-0.15, -0.1) is 0 Å². The van der Waals surface area contributed by atoms with Gasteiger partial charge in [-0.1, -0.05) is 24.3 Å². The standard InChI is InChI=1S/C20H22F2N2/c21-19-6-4-15(5-7-19)9-23-11-17-13-24(14-18(17)12-23)10-16-2-1-3-20(22)8-16/h1-8,17-18H,9-14H2. The first-order chi connectivity index (χ1) is 11.7. The zero-order valence-electron chi connectivity index (χ0n) is 13.7. The topological polar surface area (TPSA) is 6.48 Å². The third-order valence-electron chi connectivity index (χ3n) is 5.25. The summed E-state index contributed by atoms with van der Waals surface area (Å²) < 4.78 is 26.3. The minimum Gasteiger partial charge on any atom is -0.298 e. The van der Waals surface area contributed by atoms with E-state index in [1.165, 1.54) is 23.8 Å². The third kappa shape index (κ3) is 3.50. The summed E-state index contributed by atoms with van der Waals surface area (Å²) in [5, 5.41) is 0. The molecule has 0 saturated carbocycles. The molecule has 0 aromatic heterocycles. The summed E-state index contributed by atoms with van der Waals surface area (Å²) >= 11 is 0. The second-order valence-corrected chi connectivity index (χ2v) is 7.16. The van der Waals surface area contributed by atoms with Crippen LogP contribution in [0.4, 0.5) is 8.78 Å². The number of likely N-dealkylation sites (tertiary alicyclic amines) is 2. The number of benzene rings is 2. The fourth-order valence-electron chi connectivity index (χ4n) is 4.19. The molecule has 0 aliphatic carbocycles. The molecule has 2 nitrogen and oxygen atoms in total. The summed E-state index contributed by atoms with van der Waals surface area (Å²) in [4.78, 5) is 4.92. The molecule has 0 amide bonds. The molecule has 4 rings (SSSR count). The van der Waals surface area contributed by atoms with Gasteiger partial charge in [-0.25, -0.2) is 8.78 Å². The molecular formula is C20H22F2N2. The van der Waals surface area contributed by atoms with Gasteiger partial charge in [0, 0.05) is 39.3 Å². The average molecular weight is 328 g/mol. The maximum Gasteiger partial charge on any atom is 0.123 e. The molecule has 0 N–H and O–H groups in total. The van der Waals surface area contributed by atoms with E-state index in [4.69, 9.17) is 0 Å². The van der Waals surface area contributed by atoms with Crippen molar-refractivity contribution in [3.05, 3.63) is 71.3 Å². The van der Waals surface area contributed by atoms with E-state index >= 15 is 0 Å². The van der Waals surface area contributed by atoms with Crippen molar-refractivity contribution < 1.29 is 8.78 Å². The molecule has 2 heterocycles. The predicted molar refractivity (Wildman–Crippen MR) is 90.3 cm³/mol. The smallest absolute Gasteiger partial charge is 0.123 e. The summed E-state index contributed by atoms with van der Waals surface area (Å²) in [6, 6.07) is 13.7. The monoisotopic (exact) mass is 328 g/mol. The third-order valence-corrected chi connectivity index (χ3v) is 5.25. The van der Waals surface area contributed by atoms with Gasteiger partial charge in [-0.3, -0.25) is 9.80 Å². The molecule has 126 valence electrons. The van der Waals surface area contributed by atoms with Crippen molar-refractivity contribution in [1.82, 2.24) is 9.80 Å². The number of nitrogens with zero attached hydrogens (tertiary/aromatic N) is 2. The fraction of sp³-hybridized carbons (Fsp3) is 0.400. The maximum atomic E-state index is 13.3. The van der Waals surface area contributed by atoms with Crippen LogP contribution in [0.25, 0.3) is 0 Å². The van der Waals surface area contributed by atoms with E-state index in [0.717, 1.165) is 44.8 Å². The zero-order valence-corrected chi connectivity index (χ0v) is 13.7. The van der Waals surface area contributed by atoms with Gasteiger partial charge in [0.05, 0.1) is 0 Å². The Hall–Kier alpha value is -1.78. The van der Waals surface area contributed by atoms with Crippen molar-refractivity contribution in [2.75, 3.05) is 26.2 Å². The van der Waals surface area contributed by atoms with E-state index < -0.39 is 0 Å². The van der Waals surface area contributed by atoms with Gasteiger partial charge in [0.1, 0.15) is 11.6 Å². The van der Waals surface area contributed by atoms with E-state index in [9.17, 15) is 8.78 Å². The Labute approximate surface area is 141 Å². The minimum absolute atomic E-state index is 0.155. The first kappa shape index (κ1) is 15.7. The number of halogens is 2. The molecule has 2 aliphatic rings. The Morgan fingerprint density at radius 3 is 1.88 bits per heavy atom. The van der Waals surface area contributed by atoms with Gasteiger partial charge >= 0.3 is 0 Å². The Kier molecular flexibility index (Phi) is 4.33. The van der Waals surface area contributed by atoms with Gasteiger partial charge in [0.25, 0.3) is 0 Å². The molecule has 4 heteroatoms. The lowest BCUT2D eigenvalue weighted by atomic mass is 10.0. The highest BCUT2D eigenvalue weighted by Crippen LogP contribution is 2.32. The van der Waals surface area contributed by atoms with Crippen LogP contribution in [0.1, 0.15) is 11.1 Å². The summed E-state index contributed by atoms with van der Waals surface area (Å²) in [6.07, 6.45) is 0. The van der Waals surface area contributed by atoms with Crippen LogP contribution in [0, 0.1) is 23.5 Å². The largest absolute Gasteiger partial charge is 0.298 e. The van der Waals surface area contributed by atoms with E-state index in [2.05, 4.69) is 9.80 Å². The van der Waals surface area contributed by atoms with Crippen molar-refractivity contribution >= 4 is 0 Å². The van der Waals surface area contributed by atoms with Gasteiger partial charge in [-0.2, -0.15) is 0 Å². The lowest BCUT2D eigenvalue weighted by Gasteiger charge is -2.21. The first-order valence-corrected chi connectivity index (χ1v) is 8.59. The highest BCUT2D eigenvalue weighted by Gasteiger charge is 2.39. The molecule has 0 radical (unpaired) electrons. The molecule has 2 saturated heterocycles. The van der Waals surface area contributed by atoms with Gasteiger partial charge in [0.15, 0.2) is 0 Å². The molecule has 2 aromatic rings. The van der Waals surface area contributed by atoms with Gasteiger partial charge in [-0.05, 0) is 47.2 Å². The number of rotatable bonds is 4. The highest BCUT2D eigenvalue weighted by molar-refractivity contribution is 5.17. The fourth-order valence-corrected chi connectivity index (χ4v) is 4.19. The second-order valence-electron chi connectivity index (χ2n) is 7.16. The van der Waals surface area contributed by atoms with E-state index in [-0.39, 0.29) is 11.6 Å². The summed E-state index contributed by atoms with van der Waals surface area (Å²) in [6.45, 7) is 6.10. The van der Waals surface area contributed by atoms with Crippen LogP contribution in [-0.2, 0) is 13.1 Å². The van der Waals surface area contributed by atoms with Crippen LogP contribution in [0.3, 0.4) is 0 Å². The SMILES string of the molecule is Fc1ccc(CN2CC3CN(Cc4cccc(F)c4)CC3C2)cc1. The molecule has 0 bridgehead atoms. The van der Waals surface area contributed by atoms with E-state index in [1.807, 2.05) is 18.2 Å². The minimum atomic E-state index is -0.176. The quantitative estimate of drug-likeness (QED) is 0.847. The number of fused-ring (bicyclic) bond motifs is 1. The summed E-state index contributed by atoms with van der Waals surface area (Å²) in [5.41, 5.74) is 2.23. The van der Waals surface area contributed by atoms with Crippen molar-refractivity contribution in [3.8, 4) is 0 Å². The molecule has 2 aliphatic heterocycles. The van der Waals surface area contributed by atoms with Crippen LogP contribution in [-0.4, -0.2) is 36.0 Å². The Morgan fingerprint density at radius 1 is 0.708 bits per heavy atom. The average Bonchev–Trinajstić information content (AvgIpc) is 3.07.